The molecule has 0 unspecified atom stereocenters. The lowest BCUT2D eigenvalue weighted by atomic mass is 9.80. The van der Waals surface area contributed by atoms with Gasteiger partial charge in [0, 0.05) is 18.0 Å². The summed E-state index contributed by atoms with van der Waals surface area (Å²) in [6.07, 6.45) is 5.40. The van der Waals surface area contributed by atoms with Crippen molar-refractivity contribution in [2.24, 2.45) is 11.8 Å². The van der Waals surface area contributed by atoms with Gasteiger partial charge in [-0.05, 0) is 49.1 Å². The van der Waals surface area contributed by atoms with Crippen LogP contribution < -0.4 is 5.32 Å². The van der Waals surface area contributed by atoms with Crippen LogP contribution in [0.3, 0.4) is 0 Å². The summed E-state index contributed by atoms with van der Waals surface area (Å²) in [5.74, 6) is 1.79. The van der Waals surface area contributed by atoms with Gasteiger partial charge < -0.3 is 5.32 Å². The molecule has 0 aliphatic heterocycles. The lowest BCUT2D eigenvalue weighted by Gasteiger charge is -2.31. The number of rotatable bonds is 4. The molecule has 0 bridgehead atoms. The van der Waals surface area contributed by atoms with Crippen molar-refractivity contribution >= 4 is 11.5 Å². The van der Waals surface area contributed by atoms with Gasteiger partial charge in [-0.2, -0.15) is 0 Å². The molecular formula is C12H21N3S. The third-order valence-corrected chi connectivity index (χ3v) is 4.25. The van der Waals surface area contributed by atoms with E-state index >= 15 is 0 Å². The minimum absolute atomic E-state index is 0.691. The fraction of sp³-hybridized carbons (Fsp3) is 0.833. The normalized spacial score (nSPS) is 26.2. The minimum Gasteiger partial charge on any atom is -0.308 e. The van der Waals surface area contributed by atoms with Crippen molar-refractivity contribution in [1.82, 2.24) is 14.9 Å². The third kappa shape index (κ3) is 3.25. The molecule has 4 heteroatoms. The van der Waals surface area contributed by atoms with E-state index in [1.54, 1.807) is 0 Å². The summed E-state index contributed by atoms with van der Waals surface area (Å²) in [5.41, 5.74) is 1.08. The van der Waals surface area contributed by atoms with Gasteiger partial charge in [-0.25, -0.2) is 0 Å². The zero-order chi connectivity index (χ0) is 11.4. The third-order valence-electron chi connectivity index (χ3n) is 3.69. The molecule has 0 spiro atoms. The minimum atomic E-state index is 0.691. The van der Waals surface area contributed by atoms with Gasteiger partial charge in [-0.3, -0.25) is 0 Å². The van der Waals surface area contributed by atoms with E-state index in [2.05, 4.69) is 28.8 Å². The van der Waals surface area contributed by atoms with Gasteiger partial charge in [-0.15, -0.1) is 5.10 Å². The van der Waals surface area contributed by atoms with Gasteiger partial charge in [-0.1, -0.05) is 18.3 Å². The Morgan fingerprint density at radius 1 is 1.38 bits per heavy atom. The molecule has 1 aromatic heterocycles. The number of nitrogens with zero attached hydrogens (tertiary/aromatic N) is 2. The molecule has 1 aromatic rings. The second-order valence-corrected chi connectivity index (χ2v) is 5.74. The highest BCUT2D eigenvalue weighted by atomic mass is 32.1. The Bertz CT molecular complexity index is 289. The Labute approximate surface area is 102 Å². The number of aromatic nitrogens is 2. The van der Waals surface area contributed by atoms with Gasteiger partial charge in [0.1, 0.15) is 0 Å². The Kier molecular flexibility index (Phi) is 4.29. The first-order valence-electron chi connectivity index (χ1n) is 6.25. The summed E-state index contributed by atoms with van der Waals surface area (Å²) in [7, 11) is 0. The van der Waals surface area contributed by atoms with Crippen LogP contribution in [0.4, 0.5) is 0 Å². The van der Waals surface area contributed by atoms with Gasteiger partial charge in [0.05, 0.1) is 5.69 Å². The molecule has 90 valence electrons. The molecule has 0 saturated heterocycles. The van der Waals surface area contributed by atoms with Crippen LogP contribution in [0.25, 0.3) is 0 Å². The summed E-state index contributed by atoms with van der Waals surface area (Å²) in [6.45, 7) is 5.58. The topological polar surface area (TPSA) is 37.8 Å². The highest BCUT2D eigenvalue weighted by molar-refractivity contribution is 7.03. The van der Waals surface area contributed by atoms with Gasteiger partial charge in [0.25, 0.3) is 0 Å². The van der Waals surface area contributed by atoms with Crippen molar-refractivity contribution in [3.63, 3.8) is 0 Å². The SMILES string of the molecule is CC(C)C1CCC(NCc2csnn2)CC1. The maximum Gasteiger partial charge on any atom is 0.0893 e. The van der Waals surface area contributed by atoms with Gasteiger partial charge in [0.15, 0.2) is 0 Å². The summed E-state index contributed by atoms with van der Waals surface area (Å²) in [4.78, 5) is 0. The van der Waals surface area contributed by atoms with Crippen LogP contribution in [-0.2, 0) is 6.54 Å². The van der Waals surface area contributed by atoms with E-state index < -0.39 is 0 Å². The van der Waals surface area contributed by atoms with Crippen molar-refractivity contribution < 1.29 is 0 Å². The highest BCUT2D eigenvalue weighted by Crippen LogP contribution is 2.29. The Morgan fingerprint density at radius 3 is 2.69 bits per heavy atom. The predicted octanol–water partition coefficient (Wildman–Crippen LogP) is 2.84. The van der Waals surface area contributed by atoms with E-state index in [1.165, 1.54) is 37.2 Å². The molecule has 1 N–H and O–H groups in total. The second kappa shape index (κ2) is 5.73. The average molecular weight is 239 g/mol. The fourth-order valence-corrected chi connectivity index (χ4v) is 2.95. The summed E-state index contributed by atoms with van der Waals surface area (Å²) >= 11 is 1.43. The van der Waals surface area contributed by atoms with Crippen LogP contribution in [0.15, 0.2) is 5.38 Å². The number of hydrogen-bond acceptors (Lipinski definition) is 4. The van der Waals surface area contributed by atoms with Crippen LogP contribution in [0.5, 0.6) is 0 Å². The van der Waals surface area contributed by atoms with Crippen LogP contribution in [0.1, 0.15) is 45.2 Å². The zero-order valence-electron chi connectivity index (χ0n) is 10.1. The standard InChI is InChI=1S/C12H21N3S/c1-9(2)10-3-5-11(6-4-10)13-7-12-8-16-15-14-12/h8-11,13H,3-7H2,1-2H3. The molecule has 0 radical (unpaired) electrons. The van der Waals surface area contributed by atoms with E-state index in [4.69, 9.17) is 0 Å². The van der Waals surface area contributed by atoms with E-state index in [0.717, 1.165) is 24.1 Å². The molecule has 0 atom stereocenters. The molecule has 3 nitrogen and oxygen atoms in total. The molecule has 16 heavy (non-hydrogen) atoms. The zero-order valence-corrected chi connectivity index (χ0v) is 11.0. The van der Waals surface area contributed by atoms with Crippen molar-refractivity contribution in [3.8, 4) is 0 Å². The van der Waals surface area contributed by atoms with Crippen LogP contribution in [0, 0.1) is 11.8 Å². The molecular weight excluding hydrogens is 218 g/mol. The molecule has 2 rings (SSSR count). The van der Waals surface area contributed by atoms with Gasteiger partial charge >= 0.3 is 0 Å². The van der Waals surface area contributed by atoms with Crippen molar-refractivity contribution in [1.29, 1.82) is 0 Å². The summed E-state index contributed by atoms with van der Waals surface area (Å²) in [5, 5.41) is 9.66. The van der Waals surface area contributed by atoms with Gasteiger partial charge in [0.2, 0.25) is 0 Å². The molecule has 0 amide bonds. The molecule has 0 aromatic carbocycles. The maximum atomic E-state index is 4.05. The van der Waals surface area contributed by atoms with Crippen molar-refractivity contribution in [2.75, 3.05) is 0 Å². The number of nitrogens with one attached hydrogen (secondary N) is 1. The molecule has 1 fully saturated rings. The number of hydrogen-bond donors (Lipinski definition) is 1. The fourth-order valence-electron chi connectivity index (χ4n) is 2.50. The predicted molar refractivity (Wildman–Crippen MR) is 67.3 cm³/mol. The van der Waals surface area contributed by atoms with E-state index in [1.807, 2.05) is 5.38 Å². The lowest BCUT2D eigenvalue weighted by Crippen LogP contribution is -2.33. The van der Waals surface area contributed by atoms with E-state index in [-0.39, 0.29) is 0 Å². The maximum absolute atomic E-state index is 4.05. The van der Waals surface area contributed by atoms with Crippen LogP contribution >= 0.6 is 11.5 Å². The lowest BCUT2D eigenvalue weighted by molar-refractivity contribution is 0.238. The monoisotopic (exact) mass is 239 g/mol. The summed E-state index contributed by atoms with van der Waals surface area (Å²) < 4.78 is 3.87. The first-order chi connectivity index (χ1) is 7.75. The molecule has 1 aliphatic carbocycles. The first-order valence-corrected chi connectivity index (χ1v) is 7.08. The van der Waals surface area contributed by atoms with Crippen molar-refractivity contribution in [3.05, 3.63) is 11.1 Å². The Hall–Kier alpha value is -0.480. The van der Waals surface area contributed by atoms with Crippen LogP contribution in [-0.4, -0.2) is 15.6 Å². The quantitative estimate of drug-likeness (QED) is 0.878. The largest absolute Gasteiger partial charge is 0.308 e. The highest BCUT2D eigenvalue weighted by Gasteiger charge is 2.22. The Balaban J connectivity index is 1.69. The van der Waals surface area contributed by atoms with E-state index in [9.17, 15) is 0 Å². The van der Waals surface area contributed by atoms with E-state index in [0.29, 0.717) is 6.04 Å². The summed E-state index contributed by atoms with van der Waals surface area (Å²) in [6, 6.07) is 0.691. The molecule has 1 aliphatic rings. The van der Waals surface area contributed by atoms with Crippen LogP contribution in [0.2, 0.25) is 0 Å². The molecule has 1 saturated carbocycles. The Morgan fingerprint density at radius 2 is 2.12 bits per heavy atom. The smallest absolute Gasteiger partial charge is 0.0893 e. The first kappa shape index (κ1) is 12.0. The average Bonchev–Trinajstić information content (AvgIpc) is 2.80. The molecule has 1 heterocycles. The van der Waals surface area contributed by atoms with Crippen molar-refractivity contribution in [2.45, 2.75) is 52.1 Å². The second-order valence-electron chi connectivity index (χ2n) is 5.13.